The minimum atomic E-state index is -0.714. The average Bonchev–Trinajstić information content (AvgIpc) is 2.89. The summed E-state index contributed by atoms with van der Waals surface area (Å²) in [5.74, 6) is 1.00. The Bertz CT molecular complexity index is 1410. The maximum atomic E-state index is 13.5. The molecule has 0 spiro atoms. The quantitative estimate of drug-likeness (QED) is 0.238. The summed E-state index contributed by atoms with van der Waals surface area (Å²) in [6.45, 7) is 0.525. The Hall–Kier alpha value is -3.37. The fourth-order valence-electron chi connectivity index (χ4n) is 4.07. The van der Waals surface area contributed by atoms with Crippen LogP contribution in [0, 0.1) is 5.82 Å². The Balaban J connectivity index is 0.00000187. The number of aromatic nitrogens is 2. The number of esters is 1. The van der Waals surface area contributed by atoms with Gasteiger partial charge in [0.05, 0.1) is 24.0 Å². The van der Waals surface area contributed by atoms with E-state index < -0.39 is 12.2 Å². The number of carbonyl (C=O) groups excluding carboxylic acids is 1. The van der Waals surface area contributed by atoms with Gasteiger partial charge in [-0.2, -0.15) is 0 Å². The summed E-state index contributed by atoms with van der Waals surface area (Å²) in [6, 6.07) is 17.0. The minimum Gasteiger partial charge on any atom is -0.489 e. The molecule has 40 heavy (non-hydrogen) atoms. The van der Waals surface area contributed by atoms with Gasteiger partial charge in [0.1, 0.15) is 36.3 Å². The summed E-state index contributed by atoms with van der Waals surface area (Å²) in [5.41, 5.74) is 2.02. The van der Waals surface area contributed by atoms with Crippen molar-refractivity contribution < 1.29 is 28.1 Å². The van der Waals surface area contributed by atoms with Gasteiger partial charge in [-0.15, -0.1) is 37.2 Å². The smallest absolute Gasteiger partial charge is 0.320 e. The van der Waals surface area contributed by atoms with Crippen molar-refractivity contribution in [1.82, 2.24) is 14.9 Å². The molecule has 1 aliphatic heterocycles. The molecule has 5 rings (SSSR count). The van der Waals surface area contributed by atoms with Gasteiger partial charge in [0.25, 0.3) is 0 Å². The molecule has 0 saturated heterocycles. The van der Waals surface area contributed by atoms with E-state index in [0.29, 0.717) is 34.0 Å². The Labute approximate surface area is 250 Å². The van der Waals surface area contributed by atoms with Crippen LogP contribution in [0.15, 0.2) is 73.1 Å². The molecule has 0 saturated carbocycles. The van der Waals surface area contributed by atoms with Crippen molar-refractivity contribution >= 4 is 54.1 Å². The fourth-order valence-corrected chi connectivity index (χ4v) is 4.07. The SMILES string of the molecule is CN(C)CC(=O)O[C@H]1c2cc(OCc3ccc4cc(F)ccc4n3)ccc2OC[C@H]1Oc1cccnc1.Cl.Cl.Cl. The summed E-state index contributed by atoms with van der Waals surface area (Å²) in [7, 11) is 3.60. The highest BCUT2D eigenvalue weighted by molar-refractivity contribution is 5.86. The predicted octanol–water partition coefficient (Wildman–Crippen LogP) is 5.60. The van der Waals surface area contributed by atoms with Crippen LogP contribution >= 0.6 is 37.2 Å². The van der Waals surface area contributed by atoms with Gasteiger partial charge < -0.3 is 18.9 Å². The highest BCUT2D eigenvalue weighted by Crippen LogP contribution is 2.39. The Morgan fingerprint density at radius 3 is 2.62 bits per heavy atom. The van der Waals surface area contributed by atoms with E-state index in [1.165, 1.54) is 12.1 Å². The van der Waals surface area contributed by atoms with Crippen LogP contribution in [-0.4, -0.2) is 54.2 Å². The molecule has 0 unspecified atom stereocenters. The second-order valence-corrected chi connectivity index (χ2v) is 8.93. The number of hydrogen-bond acceptors (Lipinski definition) is 8. The lowest BCUT2D eigenvalue weighted by Crippen LogP contribution is -2.39. The summed E-state index contributed by atoms with van der Waals surface area (Å²) < 4.78 is 37.4. The van der Waals surface area contributed by atoms with Crippen LogP contribution in [0.4, 0.5) is 4.39 Å². The molecular formula is C28H29Cl3FN3O5. The molecular weight excluding hydrogens is 584 g/mol. The molecule has 0 amide bonds. The van der Waals surface area contributed by atoms with Crippen molar-refractivity contribution in [2.24, 2.45) is 0 Å². The molecule has 0 aliphatic carbocycles. The van der Waals surface area contributed by atoms with E-state index in [-0.39, 0.29) is 68.8 Å². The van der Waals surface area contributed by atoms with Crippen LogP contribution in [0.3, 0.4) is 0 Å². The monoisotopic (exact) mass is 611 g/mol. The van der Waals surface area contributed by atoms with Gasteiger partial charge in [-0.1, -0.05) is 6.07 Å². The van der Waals surface area contributed by atoms with Gasteiger partial charge in [0.15, 0.2) is 12.2 Å². The molecule has 4 aromatic rings. The van der Waals surface area contributed by atoms with Gasteiger partial charge in [0, 0.05) is 17.1 Å². The van der Waals surface area contributed by atoms with Crippen LogP contribution in [-0.2, 0) is 16.1 Å². The predicted molar refractivity (Wildman–Crippen MR) is 156 cm³/mol. The molecule has 0 fully saturated rings. The molecule has 214 valence electrons. The van der Waals surface area contributed by atoms with E-state index >= 15 is 0 Å². The highest BCUT2D eigenvalue weighted by atomic mass is 35.5. The Morgan fingerprint density at radius 2 is 1.88 bits per heavy atom. The summed E-state index contributed by atoms with van der Waals surface area (Å²) in [6.07, 6.45) is 1.95. The van der Waals surface area contributed by atoms with Gasteiger partial charge >= 0.3 is 5.97 Å². The third kappa shape index (κ3) is 8.08. The summed E-state index contributed by atoms with van der Waals surface area (Å²) >= 11 is 0. The normalized spacial score (nSPS) is 15.4. The molecule has 2 aromatic carbocycles. The maximum absolute atomic E-state index is 13.5. The second kappa shape index (κ2) is 14.9. The summed E-state index contributed by atoms with van der Waals surface area (Å²) in [4.78, 5) is 23.0. The number of carbonyl (C=O) groups is 1. The zero-order chi connectivity index (χ0) is 25.8. The van der Waals surface area contributed by atoms with E-state index in [1.807, 2.05) is 6.07 Å². The lowest BCUT2D eigenvalue weighted by molar-refractivity contribution is -0.157. The van der Waals surface area contributed by atoms with E-state index in [9.17, 15) is 9.18 Å². The molecule has 1 aliphatic rings. The topological polar surface area (TPSA) is 83.0 Å². The zero-order valence-electron chi connectivity index (χ0n) is 21.7. The van der Waals surface area contributed by atoms with E-state index in [2.05, 4.69) is 9.97 Å². The van der Waals surface area contributed by atoms with Gasteiger partial charge in [-0.25, -0.2) is 9.37 Å². The van der Waals surface area contributed by atoms with Crippen LogP contribution < -0.4 is 14.2 Å². The van der Waals surface area contributed by atoms with Gasteiger partial charge in [-0.3, -0.25) is 14.7 Å². The lowest BCUT2D eigenvalue weighted by atomic mass is 10.00. The molecule has 2 aromatic heterocycles. The number of nitrogens with zero attached hydrogens (tertiary/aromatic N) is 3. The number of ether oxygens (including phenoxy) is 4. The van der Waals surface area contributed by atoms with Crippen molar-refractivity contribution in [2.45, 2.75) is 18.8 Å². The molecule has 3 heterocycles. The van der Waals surface area contributed by atoms with Crippen LogP contribution in [0.5, 0.6) is 17.2 Å². The first-order valence-corrected chi connectivity index (χ1v) is 11.8. The first-order chi connectivity index (χ1) is 17.9. The Morgan fingerprint density at radius 1 is 1.05 bits per heavy atom. The van der Waals surface area contributed by atoms with Gasteiger partial charge in [-0.05, 0) is 68.7 Å². The van der Waals surface area contributed by atoms with Crippen molar-refractivity contribution in [3.05, 3.63) is 90.1 Å². The molecule has 2 atom stereocenters. The van der Waals surface area contributed by atoms with E-state index in [0.717, 1.165) is 5.39 Å². The second-order valence-electron chi connectivity index (χ2n) is 8.93. The lowest BCUT2D eigenvalue weighted by Gasteiger charge is -2.33. The minimum absolute atomic E-state index is 0. The third-order valence-electron chi connectivity index (χ3n) is 5.75. The number of benzene rings is 2. The highest BCUT2D eigenvalue weighted by Gasteiger charge is 2.36. The molecule has 0 N–H and O–H groups in total. The number of rotatable bonds is 8. The first-order valence-electron chi connectivity index (χ1n) is 11.8. The molecule has 0 radical (unpaired) electrons. The summed E-state index contributed by atoms with van der Waals surface area (Å²) in [5, 5.41) is 0.719. The van der Waals surface area contributed by atoms with E-state index in [1.54, 1.807) is 73.9 Å². The van der Waals surface area contributed by atoms with Crippen LogP contribution in [0.25, 0.3) is 10.9 Å². The maximum Gasteiger partial charge on any atom is 0.320 e. The first kappa shape index (κ1) is 32.8. The van der Waals surface area contributed by atoms with Crippen molar-refractivity contribution in [3.63, 3.8) is 0 Å². The zero-order valence-corrected chi connectivity index (χ0v) is 24.1. The molecule has 12 heteroatoms. The van der Waals surface area contributed by atoms with Crippen molar-refractivity contribution in [1.29, 1.82) is 0 Å². The number of fused-ring (bicyclic) bond motifs is 2. The van der Waals surface area contributed by atoms with Crippen molar-refractivity contribution in [3.8, 4) is 17.2 Å². The van der Waals surface area contributed by atoms with Gasteiger partial charge in [0.2, 0.25) is 0 Å². The third-order valence-corrected chi connectivity index (χ3v) is 5.75. The van der Waals surface area contributed by atoms with E-state index in [4.69, 9.17) is 18.9 Å². The largest absolute Gasteiger partial charge is 0.489 e. The number of pyridine rings is 2. The van der Waals surface area contributed by atoms with Crippen molar-refractivity contribution in [2.75, 3.05) is 27.2 Å². The number of hydrogen-bond donors (Lipinski definition) is 0. The number of halogens is 4. The Kier molecular flexibility index (Phi) is 12.2. The average molecular weight is 613 g/mol. The molecule has 0 bridgehead atoms. The number of likely N-dealkylation sites (N-methyl/N-ethyl adjacent to an activating group) is 1. The fraction of sp³-hybridized carbons (Fsp3) is 0.250. The van der Waals surface area contributed by atoms with Crippen LogP contribution in [0.1, 0.15) is 17.4 Å². The standard InChI is InChI=1S/C28H26FN3O5.3ClH/c1-32(2)15-27(33)37-28-23-13-21(34-16-20-7-5-18-12-19(29)6-9-24(18)31-20)8-10-25(23)35-17-26(28)36-22-4-3-11-30-14-22;;;/h3-14,26,28H,15-17H2,1-2H3;3*1H/t26-,28+;;;/m1.../s1. The molecule has 8 nitrogen and oxygen atoms in total. The van der Waals surface area contributed by atoms with Crippen LogP contribution in [0.2, 0.25) is 0 Å².